The molecule has 2 fully saturated rings. The van der Waals surface area contributed by atoms with E-state index in [-0.39, 0.29) is 36.5 Å². The molecule has 0 spiro atoms. The predicted octanol–water partition coefficient (Wildman–Crippen LogP) is 5.71. The third-order valence-corrected chi connectivity index (χ3v) is 10.6. The summed E-state index contributed by atoms with van der Waals surface area (Å²) >= 11 is 1.90. The van der Waals surface area contributed by atoms with Crippen LogP contribution in [-0.2, 0) is 9.59 Å². The van der Waals surface area contributed by atoms with Gasteiger partial charge in [-0.25, -0.2) is 4.79 Å². The number of amides is 4. The van der Waals surface area contributed by atoms with E-state index in [2.05, 4.69) is 28.2 Å². The molecule has 2 aliphatic heterocycles. The molecule has 2 heterocycles. The monoisotopic (exact) mass is 640 g/mol. The molecule has 0 radical (unpaired) electrons. The van der Waals surface area contributed by atoms with E-state index in [1.807, 2.05) is 11.8 Å². The molecule has 0 aromatic heterocycles. The van der Waals surface area contributed by atoms with Crippen LogP contribution in [0.4, 0.5) is 4.79 Å². The third-order valence-electron chi connectivity index (χ3n) is 9.09. The van der Waals surface area contributed by atoms with Crippen LogP contribution in [0, 0.1) is 0 Å². The summed E-state index contributed by atoms with van der Waals surface area (Å²) in [5.74, 6) is 0.885. The minimum atomic E-state index is -0.721. The van der Waals surface area contributed by atoms with E-state index in [4.69, 9.17) is 0 Å². The summed E-state index contributed by atoms with van der Waals surface area (Å²) in [6, 6.07) is -0.208. The number of aliphatic hydroxyl groups is 2. The van der Waals surface area contributed by atoms with Gasteiger partial charge in [-0.05, 0) is 32.1 Å². The fraction of sp³-hybridized carbons (Fsp3) is 0.912. The summed E-state index contributed by atoms with van der Waals surface area (Å²) in [5, 5.41) is 32.3. The highest BCUT2D eigenvalue weighted by Crippen LogP contribution is 2.33. The van der Waals surface area contributed by atoms with Crippen molar-refractivity contribution in [2.75, 3.05) is 18.9 Å². The third kappa shape index (κ3) is 17.2. The molecule has 0 aromatic carbocycles. The fourth-order valence-electron chi connectivity index (χ4n) is 6.29. The second kappa shape index (κ2) is 24.7. The molecule has 2 saturated heterocycles. The van der Waals surface area contributed by atoms with Gasteiger partial charge in [0.15, 0.2) is 0 Å². The van der Waals surface area contributed by atoms with Crippen molar-refractivity contribution in [3.63, 3.8) is 0 Å². The van der Waals surface area contributed by atoms with Crippen molar-refractivity contribution in [3.05, 3.63) is 0 Å². The predicted molar refractivity (Wildman–Crippen MR) is 181 cm³/mol. The van der Waals surface area contributed by atoms with Gasteiger partial charge in [0.2, 0.25) is 11.8 Å². The summed E-state index contributed by atoms with van der Waals surface area (Å²) in [6.07, 6.45) is 22.5. The normalized spacial score (nSPS) is 20.5. The van der Waals surface area contributed by atoms with Crippen molar-refractivity contribution in [2.24, 2.45) is 0 Å². The summed E-state index contributed by atoms with van der Waals surface area (Å²) in [4.78, 5) is 36.0. The Labute approximate surface area is 271 Å². The number of unbranched alkanes of at least 4 members (excludes halogenated alkanes) is 15. The van der Waals surface area contributed by atoms with Crippen LogP contribution in [0.3, 0.4) is 0 Å². The molecular weight excluding hydrogens is 576 g/mol. The lowest BCUT2D eigenvalue weighted by molar-refractivity contribution is -0.123. The van der Waals surface area contributed by atoms with Crippen LogP contribution in [0.5, 0.6) is 0 Å². The van der Waals surface area contributed by atoms with Gasteiger partial charge in [-0.1, -0.05) is 103 Å². The summed E-state index contributed by atoms with van der Waals surface area (Å²) < 4.78 is 0. The van der Waals surface area contributed by atoms with E-state index in [0.717, 1.165) is 50.7 Å². The first kappa shape index (κ1) is 38.7. The molecule has 4 amide bonds. The van der Waals surface area contributed by atoms with Crippen LogP contribution < -0.4 is 21.3 Å². The van der Waals surface area contributed by atoms with Crippen molar-refractivity contribution in [1.82, 2.24) is 21.3 Å². The van der Waals surface area contributed by atoms with Gasteiger partial charge in [-0.15, -0.1) is 0 Å². The van der Waals surface area contributed by atoms with Crippen LogP contribution in [0.1, 0.15) is 148 Å². The number of rotatable bonds is 28. The SMILES string of the molecule is CCCCCCCCCCCCCCC[C@@H](O)[C@H](CO)NC(=O)CCCCCNC(=O)CCCC[C@@H]1SC[C@@H]2NC(=O)N[C@@H]21. The number of carbonyl (C=O) groups excluding carboxylic acids is 3. The number of urea groups is 1. The van der Waals surface area contributed by atoms with E-state index < -0.39 is 12.1 Å². The molecule has 2 aliphatic rings. The first-order valence-electron chi connectivity index (χ1n) is 18.0. The summed E-state index contributed by atoms with van der Waals surface area (Å²) in [7, 11) is 0. The molecule has 0 aliphatic carbocycles. The highest BCUT2D eigenvalue weighted by atomic mass is 32.2. The topological polar surface area (TPSA) is 140 Å². The Morgan fingerprint density at radius 3 is 2.07 bits per heavy atom. The van der Waals surface area contributed by atoms with Crippen LogP contribution in [-0.4, -0.2) is 76.4 Å². The molecular formula is C34H64N4O5S. The van der Waals surface area contributed by atoms with Crippen molar-refractivity contribution in [2.45, 2.75) is 178 Å². The maximum atomic E-state index is 12.3. The largest absolute Gasteiger partial charge is 0.394 e. The Morgan fingerprint density at radius 2 is 1.41 bits per heavy atom. The van der Waals surface area contributed by atoms with Gasteiger partial charge in [-0.2, -0.15) is 11.8 Å². The molecule has 0 bridgehead atoms. The minimum Gasteiger partial charge on any atom is -0.394 e. The Hall–Kier alpha value is -1.52. The molecule has 10 heteroatoms. The first-order valence-corrected chi connectivity index (χ1v) is 19.0. The number of carbonyl (C=O) groups is 3. The molecule has 0 unspecified atom stereocenters. The zero-order valence-corrected chi connectivity index (χ0v) is 28.4. The summed E-state index contributed by atoms with van der Waals surface area (Å²) in [5.41, 5.74) is 0. The minimum absolute atomic E-state index is 0.0612. The number of hydrogen-bond acceptors (Lipinski definition) is 6. The van der Waals surface area contributed by atoms with Crippen molar-refractivity contribution in [1.29, 1.82) is 0 Å². The van der Waals surface area contributed by atoms with Crippen LogP contribution in [0.2, 0.25) is 0 Å². The van der Waals surface area contributed by atoms with Crippen molar-refractivity contribution < 1.29 is 24.6 Å². The number of thioether (sulfide) groups is 1. The van der Waals surface area contributed by atoms with Gasteiger partial charge in [0.1, 0.15) is 0 Å². The standard InChI is InChI=1S/C34H64N4O5S/c1-2-3-4-5-6-7-8-9-10-11-12-13-15-20-29(40)27(25-39)36-32(42)23-16-14-19-24-35-31(41)22-18-17-21-30-33-28(26-44-30)37-34(43)38-33/h27-30,33,39-40H,2-26H2,1H3,(H,35,41)(H,36,42)(H2,37,38,43)/t27-,28-,29+,30-,33-/m0/s1. The number of fused-ring (bicyclic) bond motifs is 1. The fourth-order valence-corrected chi connectivity index (χ4v) is 7.84. The van der Waals surface area contributed by atoms with Gasteiger partial charge in [0.25, 0.3) is 0 Å². The maximum absolute atomic E-state index is 12.3. The maximum Gasteiger partial charge on any atom is 0.315 e. The molecule has 0 saturated carbocycles. The van der Waals surface area contributed by atoms with E-state index >= 15 is 0 Å². The van der Waals surface area contributed by atoms with Crippen molar-refractivity contribution in [3.8, 4) is 0 Å². The Kier molecular flexibility index (Phi) is 21.7. The molecule has 9 nitrogen and oxygen atoms in total. The van der Waals surface area contributed by atoms with Crippen molar-refractivity contribution >= 4 is 29.6 Å². The molecule has 6 N–H and O–H groups in total. The average molecular weight is 641 g/mol. The number of nitrogens with one attached hydrogen (secondary N) is 4. The van der Waals surface area contributed by atoms with E-state index in [1.165, 1.54) is 70.6 Å². The van der Waals surface area contributed by atoms with Gasteiger partial charge >= 0.3 is 6.03 Å². The zero-order valence-electron chi connectivity index (χ0n) is 27.6. The summed E-state index contributed by atoms with van der Waals surface area (Å²) in [6.45, 7) is 2.61. The molecule has 5 atom stereocenters. The zero-order chi connectivity index (χ0) is 31.8. The lowest BCUT2D eigenvalue weighted by atomic mass is 10.0. The van der Waals surface area contributed by atoms with Gasteiger partial charge < -0.3 is 31.5 Å². The lowest BCUT2D eigenvalue weighted by Gasteiger charge is -2.22. The molecule has 2 rings (SSSR count). The second-order valence-electron chi connectivity index (χ2n) is 13.0. The molecule has 44 heavy (non-hydrogen) atoms. The highest BCUT2D eigenvalue weighted by Gasteiger charge is 2.42. The van der Waals surface area contributed by atoms with Gasteiger partial charge in [0.05, 0.1) is 30.8 Å². The lowest BCUT2D eigenvalue weighted by Crippen LogP contribution is -2.45. The smallest absolute Gasteiger partial charge is 0.315 e. The van der Waals surface area contributed by atoms with Crippen LogP contribution in [0.15, 0.2) is 0 Å². The van der Waals surface area contributed by atoms with Crippen LogP contribution in [0.25, 0.3) is 0 Å². The second-order valence-corrected chi connectivity index (χ2v) is 14.3. The Balaban J connectivity index is 1.37. The number of hydrogen-bond donors (Lipinski definition) is 6. The molecule has 0 aromatic rings. The number of aliphatic hydroxyl groups excluding tert-OH is 2. The highest BCUT2D eigenvalue weighted by molar-refractivity contribution is 8.00. The average Bonchev–Trinajstić information content (AvgIpc) is 3.57. The van der Waals surface area contributed by atoms with E-state index in [9.17, 15) is 24.6 Å². The Bertz CT molecular complexity index is 789. The van der Waals surface area contributed by atoms with E-state index in [1.54, 1.807) is 0 Å². The Morgan fingerprint density at radius 1 is 0.818 bits per heavy atom. The molecule has 256 valence electrons. The first-order chi connectivity index (χ1) is 21.4. The van der Waals surface area contributed by atoms with Gasteiger partial charge in [-0.3, -0.25) is 9.59 Å². The van der Waals surface area contributed by atoms with Gasteiger partial charge in [0, 0.05) is 30.4 Å². The van der Waals surface area contributed by atoms with Crippen LogP contribution >= 0.6 is 11.8 Å². The quantitative estimate of drug-likeness (QED) is 0.0479. The van der Waals surface area contributed by atoms with E-state index in [0.29, 0.717) is 37.5 Å².